The summed E-state index contributed by atoms with van der Waals surface area (Å²) in [4.78, 5) is 6.70. The molecule has 2 atom stereocenters. The third-order valence-electron chi connectivity index (χ3n) is 5.41. The zero-order valence-corrected chi connectivity index (χ0v) is 22.3. The molecule has 0 aromatic heterocycles. The Morgan fingerprint density at radius 2 is 1.73 bits per heavy atom. The molecule has 0 spiro atoms. The van der Waals surface area contributed by atoms with Crippen LogP contribution in [0.5, 0.6) is 23.0 Å². The van der Waals surface area contributed by atoms with E-state index in [1.54, 1.807) is 28.4 Å². The number of halogens is 1. The first-order valence-electron chi connectivity index (χ1n) is 10.8. The van der Waals surface area contributed by atoms with Crippen molar-refractivity contribution in [1.29, 1.82) is 0 Å². The number of anilines is 1. The van der Waals surface area contributed by atoms with Crippen LogP contribution < -0.4 is 34.5 Å². The molecule has 2 N–H and O–H groups in total. The van der Waals surface area contributed by atoms with Crippen LogP contribution in [0.15, 0.2) is 47.5 Å². The normalized spacial score (nSPS) is 16.5. The van der Waals surface area contributed by atoms with Crippen molar-refractivity contribution in [2.24, 2.45) is 4.99 Å². The van der Waals surface area contributed by atoms with Gasteiger partial charge in [0.25, 0.3) is 0 Å². The highest BCUT2D eigenvalue weighted by Gasteiger charge is 2.24. The van der Waals surface area contributed by atoms with Gasteiger partial charge in [0.05, 0.1) is 27.9 Å². The fourth-order valence-electron chi connectivity index (χ4n) is 3.69. The van der Waals surface area contributed by atoms with Crippen LogP contribution in [0.3, 0.4) is 0 Å². The topological polar surface area (TPSA) is 76.6 Å². The molecule has 2 aromatic carbocycles. The third-order valence-corrected chi connectivity index (χ3v) is 5.41. The number of para-hydroxylation sites is 2. The number of aliphatic imine (C=N–C) groups is 1. The van der Waals surface area contributed by atoms with Crippen molar-refractivity contribution < 1.29 is 18.9 Å². The first-order valence-corrected chi connectivity index (χ1v) is 10.8. The predicted octanol–water partition coefficient (Wildman–Crippen LogP) is 3.54. The molecule has 2 unspecified atom stereocenters. The first kappa shape index (κ1) is 26.7. The molecule has 3 rings (SSSR count). The Morgan fingerprint density at radius 1 is 1.06 bits per heavy atom. The standard InChI is InChI=1S/C24H34N4O4.HI/c1-17(32-23-9-7-6-8-22(23)31-5)15-26-24(25-2)27-18-10-11-28(16-18)19-12-20(29-3)14-21(13-19)30-4;/h6-9,12-14,17-18H,10-11,15-16H2,1-5H3,(H2,25,26,27);1H. The van der Waals surface area contributed by atoms with Crippen LogP contribution in [0.25, 0.3) is 0 Å². The van der Waals surface area contributed by atoms with Crippen molar-refractivity contribution >= 4 is 35.6 Å². The summed E-state index contributed by atoms with van der Waals surface area (Å²) in [6.45, 7) is 4.43. The molecule has 9 heteroatoms. The van der Waals surface area contributed by atoms with E-state index < -0.39 is 0 Å². The Morgan fingerprint density at radius 3 is 2.33 bits per heavy atom. The minimum absolute atomic E-state index is 0. The molecule has 1 fully saturated rings. The van der Waals surface area contributed by atoms with Crippen molar-refractivity contribution in [3.8, 4) is 23.0 Å². The summed E-state index contributed by atoms with van der Waals surface area (Å²) in [7, 11) is 6.76. The van der Waals surface area contributed by atoms with Gasteiger partial charge >= 0.3 is 0 Å². The molecule has 0 aliphatic carbocycles. The zero-order valence-electron chi connectivity index (χ0n) is 20.0. The molecule has 1 aliphatic rings. The second-order valence-corrected chi connectivity index (χ2v) is 7.68. The molecule has 0 radical (unpaired) electrons. The lowest BCUT2D eigenvalue weighted by atomic mass is 10.2. The van der Waals surface area contributed by atoms with Crippen LogP contribution in [0, 0.1) is 0 Å². The largest absolute Gasteiger partial charge is 0.497 e. The second kappa shape index (κ2) is 13.2. The summed E-state index contributed by atoms with van der Waals surface area (Å²) >= 11 is 0. The molecule has 1 aliphatic heterocycles. The van der Waals surface area contributed by atoms with Gasteiger partial charge in [-0.2, -0.15) is 0 Å². The molecule has 1 heterocycles. The van der Waals surface area contributed by atoms with Gasteiger partial charge in [-0.25, -0.2) is 0 Å². The monoisotopic (exact) mass is 570 g/mol. The molecule has 2 aromatic rings. The van der Waals surface area contributed by atoms with Crippen LogP contribution >= 0.6 is 24.0 Å². The Bertz CT molecular complexity index is 890. The van der Waals surface area contributed by atoms with Crippen molar-refractivity contribution in [3.05, 3.63) is 42.5 Å². The average molecular weight is 570 g/mol. The maximum absolute atomic E-state index is 6.02. The van der Waals surface area contributed by atoms with Crippen LogP contribution in [0.1, 0.15) is 13.3 Å². The van der Waals surface area contributed by atoms with Crippen LogP contribution in [-0.4, -0.2) is 66.1 Å². The second-order valence-electron chi connectivity index (χ2n) is 7.68. The number of benzene rings is 2. The van der Waals surface area contributed by atoms with Gasteiger partial charge in [-0.1, -0.05) is 12.1 Å². The minimum Gasteiger partial charge on any atom is -0.497 e. The summed E-state index contributed by atoms with van der Waals surface area (Å²) in [5.41, 5.74) is 1.09. The van der Waals surface area contributed by atoms with Gasteiger partial charge in [0, 0.05) is 50.1 Å². The van der Waals surface area contributed by atoms with Crippen molar-refractivity contribution in [1.82, 2.24) is 10.6 Å². The summed E-state index contributed by atoms with van der Waals surface area (Å²) in [5, 5.41) is 6.88. The number of ether oxygens (including phenoxy) is 4. The summed E-state index contributed by atoms with van der Waals surface area (Å²) < 4.78 is 22.2. The summed E-state index contributed by atoms with van der Waals surface area (Å²) in [6.07, 6.45) is 0.946. The average Bonchev–Trinajstić information content (AvgIpc) is 3.30. The first-order chi connectivity index (χ1) is 15.6. The molecule has 0 amide bonds. The molecule has 33 heavy (non-hydrogen) atoms. The van der Waals surface area contributed by atoms with E-state index in [4.69, 9.17) is 18.9 Å². The highest BCUT2D eigenvalue weighted by molar-refractivity contribution is 14.0. The van der Waals surface area contributed by atoms with Crippen LogP contribution in [0.4, 0.5) is 5.69 Å². The number of hydrogen-bond acceptors (Lipinski definition) is 6. The number of nitrogens with zero attached hydrogens (tertiary/aromatic N) is 2. The predicted molar refractivity (Wildman–Crippen MR) is 143 cm³/mol. The Hall–Kier alpha value is -2.56. The van der Waals surface area contributed by atoms with Crippen molar-refractivity contribution in [3.63, 3.8) is 0 Å². The van der Waals surface area contributed by atoms with E-state index in [-0.39, 0.29) is 36.1 Å². The lowest BCUT2D eigenvalue weighted by molar-refractivity contribution is 0.213. The van der Waals surface area contributed by atoms with Gasteiger partial charge in [0.2, 0.25) is 0 Å². The lowest BCUT2D eigenvalue weighted by Crippen LogP contribution is -2.47. The smallest absolute Gasteiger partial charge is 0.191 e. The number of hydrogen-bond donors (Lipinski definition) is 2. The molecule has 1 saturated heterocycles. The maximum Gasteiger partial charge on any atom is 0.191 e. The van der Waals surface area contributed by atoms with Gasteiger partial charge < -0.3 is 34.5 Å². The van der Waals surface area contributed by atoms with E-state index in [9.17, 15) is 0 Å². The number of methoxy groups -OCH3 is 3. The van der Waals surface area contributed by atoms with E-state index in [1.807, 2.05) is 49.4 Å². The van der Waals surface area contributed by atoms with Crippen molar-refractivity contribution in [2.45, 2.75) is 25.5 Å². The number of nitrogens with one attached hydrogen (secondary N) is 2. The fraction of sp³-hybridized carbons (Fsp3) is 0.458. The molecule has 8 nitrogen and oxygen atoms in total. The molecular formula is C24H35IN4O4. The molecular weight excluding hydrogens is 535 g/mol. The highest BCUT2D eigenvalue weighted by Crippen LogP contribution is 2.30. The minimum atomic E-state index is -0.0609. The highest BCUT2D eigenvalue weighted by atomic mass is 127. The Labute approximate surface area is 213 Å². The SMILES string of the molecule is CN=C(NCC(C)Oc1ccccc1OC)NC1CCN(c2cc(OC)cc(OC)c2)C1.I. The van der Waals surface area contributed by atoms with Crippen LogP contribution in [0.2, 0.25) is 0 Å². The maximum atomic E-state index is 6.02. The number of guanidine groups is 1. The van der Waals surface area contributed by atoms with Gasteiger partial charge in [-0.05, 0) is 25.5 Å². The zero-order chi connectivity index (χ0) is 22.9. The van der Waals surface area contributed by atoms with E-state index in [1.165, 1.54) is 0 Å². The Balaban J connectivity index is 0.00000385. The van der Waals surface area contributed by atoms with E-state index in [2.05, 4.69) is 20.5 Å². The van der Waals surface area contributed by atoms with Gasteiger partial charge in [0.15, 0.2) is 17.5 Å². The van der Waals surface area contributed by atoms with Gasteiger partial charge in [0.1, 0.15) is 17.6 Å². The molecule has 0 saturated carbocycles. The van der Waals surface area contributed by atoms with E-state index in [0.717, 1.165) is 54.2 Å². The number of rotatable bonds is 9. The van der Waals surface area contributed by atoms with E-state index >= 15 is 0 Å². The molecule has 0 bridgehead atoms. The van der Waals surface area contributed by atoms with Crippen LogP contribution in [-0.2, 0) is 0 Å². The lowest BCUT2D eigenvalue weighted by Gasteiger charge is -2.22. The quantitative estimate of drug-likeness (QED) is 0.272. The molecule has 182 valence electrons. The van der Waals surface area contributed by atoms with Crippen molar-refractivity contribution in [2.75, 3.05) is 52.9 Å². The Kier molecular flexibility index (Phi) is 10.7. The summed E-state index contributed by atoms with van der Waals surface area (Å²) in [6, 6.07) is 13.9. The fourth-order valence-corrected chi connectivity index (χ4v) is 3.69. The van der Waals surface area contributed by atoms with Gasteiger partial charge in [-0.3, -0.25) is 4.99 Å². The van der Waals surface area contributed by atoms with Gasteiger partial charge in [-0.15, -0.1) is 24.0 Å². The summed E-state index contributed by atoms with van der Waals surface area (Å²) in [5.74, 6) is 3.79. The van der Waals surface area contributed by atoms with E-state index in [0.29, 0.717) is 6.54 Å². The third kappa shape index (κ3) is 7.48.